The molecule has 2 aliphatic rings. The van der Waals surface area contributed by atoms with Crippen molar-refractivity contribution in [1.82, 2.24) is 5.32 Å². The first-order chi connectivity index (χ1) is 7.66. The summed E-state index contributed by atoms with van der Waals surface area (Å²) >= 11 is 0. The van der Waals surface area contributed by atoms with Crippen LogP contribution in [0.4, 0.5) is 0 Å². The first-order valence-corrected chi connectivity index (χ1v) is 8.04. The molecule has 1 saturated carbocycles. The van der Waals surface area contributed by atoms with E-state index in [1.54, 1.807) is 6.08 Å². The lowest BCUT2D eigenvalue weighted by molar-refractivity contribution is 0.379. The van der Waals surface area contributed by atoms with Gasteiger partial charge in [-0.1, -0.05) is 38.2 Å². The SMILES string of the molecule is O=S1(=O)C=CC(NC2CCCCCCC2)C1. The number of nitrogens with one attached hydrogen (secondary N) is 1. The molecule has 0 aromatic rings. The van der Waals surface area contributed by atoms with E-state index in [1.807, 2.05) is 0 Å². The van der Waals surface area contributed by atoms with E-state index in [4.69, 9.17) is 0 Å². The summed E-state index contributed by atoms with van der Waals surface area (Å²) < 4.78 is 22.6. The highest BCUT2D eigenvalue weighted by Crippen LogP contribution is 2.18. The summed E-state index contributed by atoms with van der Waals surface area (Å²) in [4.78, 5) is 0. The van der Waals surface area contributed by atoms with Crippen molar-refractivity contribution in [2.75, 3.05) is 5.75 Å². The molecule has 0 spiro atoms. The first kappa shape index (κ1) is 12.1. The second kappa shape index (κ2) is 5.32. The van der Waals surface area contributed by atoms with Gasteiger partial charge in [-0.15, -0.1) is 0 Å². The molecule has 1 aliphatic carbocycles. The molecule has 1 N–H and O–H groups in total. The molecule has 1 aliphatic heterocycles. The van der Waals surface area contributed by atoms with Crippen molar-refractivity contribution in [2.24, 2.45) is 0 Å². The van der Waals surface area contributed by atoms with E-state index < -0.39 is 9.84 Å². The van der Waals surface area contributed by atoms with Gasteiger partial charge in [0.2, 0.25) is 0 Å². The Morgan fingerprint density at radius 3 is 2.19 bits per heavy atom. The van der Waals surface area contributed by atoms with Gasteiger partial charge in [0, 0.05) is 17.5 Å². The average Bonchev–Trinajstić information content (AvgIpc) is 2.50. The Morgan fingerprint density at radius 2 is 1.62 bits per heavy atom. The van der Waals surface area contributed by atoms with E-state index in [9.17, 15) is 8.42 Å². The van der Waals surface area contributed by atoms with E-state index in [0.29, 0.717) is 6.04 Å². The van der Waals surface area contributed by atoms with Crippen molar-refractivity contribution < 1.29 is 8.42 Å². The average molecular weight is 243 g/mol. The normalized spacial score (nSPS) is 31.1. The highest BCUT2D eigenvalue weighted by molar-refractivity contribution is 7.94. The van der Waals surface area contributed by atoms with Crippen molar-refractivity contribution in [3.8, 4) is 0 Å². The molecule has 0 aromatic heterocycles. The lowest BCUT2D eigenvalue weighted by Crippen LogP contribution is -2.39. The lowest BCUT2D eigenvalue weighted by atomic mass is 9.96. The number of rotatable bonds is 2. The van der Waals surface area contributed by atoms with E-state index in [-0.39, 0.29) is 11.8 Å². The molecule has 0 bridgehead atoms. The third-order valence-corrected chi connectivity index (χ3v) is 4.88. The van der Waals surface area contributed by atoms with Crippen molar-refractivity contribution in [3.63, 3.8) is 0 Å². The van der Waals surface area contributed by atoms with Crippen LogP contribution in [0.5, 0.6) is 0 Å². The Morgan fingerprint density at radius 1 is 1.00 bits per heavy atom. The lowest BCUT2D eigenvalue weighted by Gasteiger charge is -2.23. The minimum absolute atomic E-state index is 0.0504. The second-order valence-electron chi connectivity index (χ2n) is 4.97. The number of sulfone groups is 1. The third kappa shape index (κ3) is 3.59. The van der Waals surface area contributed by atoms with E-state index in [1.165, 1.54) is 50.4 Å². The van der Waals surface area contributed by atoms with E-state index >= 15 is 0 Å². The van der Waals surface area contributed by atoms with Crippen LogP contribution in [0.1, 0.15) is 44.9 Å². The molecule has 1 fully saturated rings. The number of hydrogen-bond donors (Lipinski definition) is 1. The Hall–Kier alpha value is -0.350. The van der Waals surface area contributed by atoms with Crippen LogP contribution in [-0.2, 0) is 9.84 Å². The molecule has 0 radical (unpaired) electrons. The van der Waals surface area contributed by atoms with Crippen LogP contribution >= 0.6 is 0 Å². The van der Waals surface area contributed by atoms with Crippen LogP contribution in [0, 0.1) is 0 Å². The van der Waals surface area contributed by atoms with Crippen LogP contribution in [0.25, 0.3) is 0 Å². The molecule has 92 valence electrons. The molecule has 1 unspecified atom stereocenters. The largest absolute Gasteiger partial charge is 0.307 e. The van der Waals surface area contributed by atoms with Gasteiger partial charge in [-0.25, -0.2) is 8.42 Å². The summed E-state index contributed by atoms with van der Waals surface area (Å²) in [6.07, 6.45) is 10.8. The second-order valence-corrected chi connectivity index (χ2v) is 6.90. The monoisotopic (exact) mass is 243 g/mol. The van der Waals surface area contributed by atoms with Gasteiger partial charge in [0.05, 0.1) is 5.75 Å². The van der Waals surface area contributed by atoms with Gasteiger partial charge in [0.25, 0.3) is 0 Å². The summed E-state index contributed by atoms with van der Waals surface area (Å²) in [5.41, 5.74) is 0. The summed E-state index contributed by atoms with van der Waals surface area (Å²) in [6.45, 7) is 0. The fourth-order valence-electron chi connectivity index (χ4n) is 2.61. The minimum atomic E-state index is -2.91. The van der Waals surface area contributed by atoms with Gasteiger partial charge < -0.3 is 5.32 Å². The fourth-order valence-corrected chi connectivity index (χ4v) is 3.85. The molecule has 3 nitrogen and oxygen atoms in total. The summed E-state index contributed by atoms with van der Waals surface area (Å²) in [5, 5.41) is 4.83. The summed E-state index contributed by atoms with van der Waals surface area (Å²) in [6, 6.07) is 0.567. The molecule has 0 aromatic carbocycles. The quantitative estimate of drug-likeness (QED) is 0.807. The Labute approximate surface area is 98.2 Å². The molecular weight excluding hydrogens is 222 g/mol. The molecule has 1 heterocycles. The van der Waals surface area contributed by atoms with E-state index in [0.717, 1.165) is 0 Å². The predicted octanol–water partition coefficient (Wildman–Crippen LogP) is 2.00. The zero-order valence-electron chi connectivity index (χ0n) is 9.69. The topological polar surface area (TPSA) is 46.2 Å². The van der Waals surface area contributed by atoms with Crippen molar-refractivity contribution in [1.29, 1.82) is 0 Å². The highest BCUT2D eigenvalue weighted by Gasteiger charge is 2.23. The summed E-state index contributed by atoms with van der Waals surface area (Å²) in [7, 11) is -2.91. The van der Waals surface area contributed by atoms with Crippen molar-refractivity contribution in [3.05, 3.63) is 11.5 Å². The van der Waals surface area contributed by atoms with Gasteiger partial charge in [-0.2, -0.15) is 0 Å². The predicted molar refractivity (Wildman–Crippen MR) is 66.0 cm³/mol. The molecule has 16 heavy (non-hydrogen) atoms. The standard InChI is InChI=1S/C12H21NO2S/c14-16(15)9-8-12(10-16)13-11-6-4-2-1-3-5-7-11/h8-9,11-13H,1-7,10H2. The highest BCUT2D eigenvalue weighted by atomic mass is 32.2. The first-order valence-electron chi connectivity index (χ1n) is 6.33. The zero-order chi connectivity index (χ0) is 11.4. The third-order valence-electron chi connectivity index (χ3n) is 3.49. The maximum absolute atomic E-state index is 11.3. The van der Waals surface area contributed by atoms with Gasteiger partial charge in [0.15, 0.2) is 9.84 Å². The smallest absolute Gasteiger partial charge is 0.173 e. The van der Waals surface area contributed by atoms with Gasteiger partial charge in [0.1, 0.15) is 0 Å². The maximum atomic E-state index is 11.3. The Balaban J connectivity index is 1.82. The number of hydrogen-bond acceptors (Lipinski definition) is 3. The van der Waals surface area contributed by atoms with Gasteiger partial charge >= 0.3 is 0 Å². The van der Waals surface area contributed by atoms with Crippen LogP contribution in [-0.4, -0.2) is 26.3 Å². The molecule has 1 atom stereocenters. The van der Waals surface area contributed by atoms with Crippen molar-refractivity contribution >= 4 is 9.84 Å². The minimum Gasteiger partial charge on any atom is -0.307 e. The van der Waals surface area contributed by atoms with Crippen molar-refractivity contribution in [2.45, 2.75) is 57.0 Å². The van der Waals surface area contributed by atoms with Crippen LogP contribution in [0.3, 0.4) is 0 Å². The molecule has 0 saturated heterocycles. The Kier molecular flexibility index (Phi) is 4.03. The van der Waals surface area contributed by atoms with Crippen LogP contribution in [0.2, 0.25) is 0 Å². The molecule has 0 amide bonds. The van der Waals surface area contributed by atoms with Gasteiger partial charge in [-0.05, 0) is 12.8 Å². The summed E-state index contributed by atoms with van der Waals surface area (Å²) in [5.74, 6) is 0.253. The Bertz CT molecular complexity index is 340. The molecular formula is C12H21NO2S. The molecule has 4 heteroatoms. The van der Waals surface area contributed by atoms with E-state index in [2.05, 4.69) is 5.32 Å². The maximum Gasteiger partial charge on any atom is 0.173 e. The van der Waals surface area contributed by atoms with Gasteiger partial charge in [-0.3, -0.25) is 0 Å². The van der Waals surface area contributed by atoms with Crippen LogP contribution in [0.15, 0.2) is 11.5 Å². The fraction of sp³-hybridized carbons (Fsp3) is 0.833. The molecule has 2 rings (SSSR count). The zero-order valence-corrected chi connectivity index (χ0v) is 10.5. The van der Waals surface area contributed by atoms with Crippen LogP contribution < -0.4 is 5.32 Å².